The molecule has 0 aliphatic heterocycles. The lowest BCUT2D eigenvalue weighted by Crippen LogP contribution is -2.17. The minimum Gasteiger partial charge on any atom is -0.380 e. The highest BCUT2D eigenvalue weighted by atomic mass is 35.5. The predicted octanol–water partition coefficient (Wildman–Crippen LogP) is 2.27. The van der Waals surface area contributed by atoms with Crippen LogP contribution in [0.25, 0.3) is 0 Å². The summed E-state index contributed by atoms with van der Waals surface area (Å²) in [7, 11) is 0. The summed E-state index contributed by atoms with van der Waals surface area (Å²) in [5.74, 6) is -0.923. The average molecular weight is 372 g/mol. The predicted molar refractivity (Wildman–Crippen MR) is 86.9 cm³/mol. The summed E-state index contributed by atoms with van der Waals surface area (Å²) in [6, 6.07) is 4.55. The number of aryl methyl sites for hydroxylation is 1. The number of halogens is 2. The molecule has 2 N–H and O–H groups in total. The quantitative estimate of drug-likeness (QED) is 0.282. The first-order valence-electron chi connectivity index (χ1n) is 6.45. The van der Waals surface area contributed by atoms with Crippen molar-refractivity contribution in [2.24, 2.45) is 10.9 Å². The number of oxime groups is 1. The molecular formula is C13H11Cl2N5O4. The van der Waals surface area contributed by atoms with Gasteiger partial charge in [-0.05, 0) is 25.1 Å². The standard InChI is InChI=1S/C13H11Cl2N5O4/c1-7-11(20(22)23)5-19(17-7)6-12(21)24-18-13(16)9-3-2-8(14)4-10(9)15/h2-5H,6H2,1H3,(H2,16,18). The Morgan fingerprint density at radius 3 is 2.79 bits per heavy atom. The van der Waals surface area contributed by atoms with Crippen LogP contribution in [0.3, 0.4) is 0 Å². The maximum atomic E-state index is 11.7. The fraction of sp³-hybridized carbons (Fsp3) is 0.154. The molecule has 1 heterocycles. The normalized spacial score (nSPS) is 11.4. The highest BCUT2D eigenvalue weighted by Crippen LogP contribution is 2.20. The molecule has 0 saturated carbocycles. The number of aromatic nitrogens is 2. The molecular weight excluding hydrogens is 361 g/mol. The second-order valence-corrected chi connectivity index (χ2v) is 5.46. The third-order valence-corrected chi connectivity index (χ3v) is 3.41. The lowest BCUT2D eigenvalue weighted by Gasteiger charge is -2.04. The van der Waals surface area contributed by atoms with Crippen molar-refractivity contribution in [3.8, 4) is 0 Å². The van der Waals surface area contributed by atoms with Gasteiger partial charge in [-0.1, -0.05) is 28.4 Å². The van der Waals surface area contributed by atoms with E-state index in [0.717, 1.165) is 10.9 Å². The second kappa shape index (κ2) is 7.28. The molecule has 0 radical (unpaired) electrons. The van der Waals surface area contributed by atoms with E-state index in [1.54, 1.807) is 6.07 Å². The number of carbonyl (C=O) groups excluding carboxylic acids is 1. The first kappa shape index (κ1) is 17.7. The van der Waals surface area contributed by atoms with Crippen LogP contribution in [-0.2, 0) is 16.2 Å². The van der Waals surface area contributed by atoms with Crippen LogP contribution in [0.4, 0.5) is 5.69 Å². The molecule has 0 spiro atoms. The van der Waals surface area contributed by atoms with Crippen LogP contribution in [0.1, 0.15) is 11.3 Å². The number of nitro groups is 1. The minimum absolute atomic E-state index is 0.118. The number of amidine groups is 1. The molecule has 0 saturated heterocycles. The van der Waals surface area contributed by atoms with Gasteiger partial charge in [-0.3, -0.25) is 14.8 Å². The summed E-state index contributed by atoms with van der Waals surface area (Å²) >= 11 is 11.7. The van der Waals surface area contributed by atoms with Gasteiger partial charge >= 0.3 is 11.7 Å². The van der Waals surface area contributed by atoms with Crippen LogP contribution >= 0.6 is 23.2 Å². The van der Waals surface area contributed by atoms with Crippen molar-refractivity contribution in [2.75, 3.05) is 0 Å². The van der Waals surface area contributed by atoms with Gasteiger partial charge in [0.1, 0.15) is 18.4 Å². The van der Waals surface area contributed by atoms with Crippen molar-refractivity contribution in [1.29, 1.82) is 0 Å². The van der Waals surface area contributed by atoms with Gasteiger partial charge in [0, 0.05) is 10.6 Å². The molecule has 1 aromatic heterocycles. The molecule has 9 nitrogen and oxygen atoms in total. The van der Waals surface area contributed by atoms with E-state index in [9.17, 15) is 14.9 Å². The number of benzene rings is 1. The first-order valence-corrected chi connectivity index (χ1v) is 7.20. The number of nitrogens with two attached hydrogens (primary N) is 1. The van der Waals surface area contributed by atoms with Gasteiger partial charge in [0.05, 0.1) is 9.95 Å². The van der Waals surface area contributed by atoms with E-state index >= 15 is 0 Å². The number of hydrogen-bond acceptors (Lipinski definition) is 6. The van der Waals surface area contributed by atoms with Crippen LogP contribution in [0.15, 0.2) is 29.6 Å². The molecule has 0 aliphatic carbocycles. The Hall–Kier alpha value is -2.65. The summed E-state index contributed by atoms with van der Waals surface area (Å²) in [5.41, 5.74) is 6.02. The Morgan fingerprint density at radius 1 is 1.50 bits per heavy atom. The Labute approximate surface area is 145 Å². The second-order valence-electron chi connectivity index (χ2n) is 4.62. The first-order chi connectivity index (χ1) is 11.3. The smallest absolute Gasteiger partial charge is 0.356 e. The zero-order valence-electron chi connectivity index (χ0n) is 12.3. The van der Waals surface area contributed by atoms with Crippen molar-refractivity contribution in [1.82, 2.24) is 9.78 Å². The van der Waals surface area contributed by atoms with Crippen LogP contribution in [0.2, 0.25) is 10.0 Å². The summed E-state index contributed by atoms with van der Waals surface area (Å²) in [4.78, 5) is 26.5. The van der Waals surface area contributed by atoms with Crippen molar-refractivity contribution in [3.05, 3.63) is 55.8 Å². The summed E-state index contributed by atoms with van der Waals surface area (Å²) < 4.78 is 1.08. The zero-order valence-corrected chi connectivity index (χ0v) is 13.8. The van der Waals surface area contributed by atoms with Crippen LogP contribution < -0.4 is 5.73 Å². The Bertz CT molecular complexity index is 834. The topological polar surface area (TPSA) is 126 Å². The highest BCUT2D eigenvalue weighted by molar-refractivity contribution is 6.36. The number of hydrogen-bond donors (Lipinski definition) is 1. The highest BCUT2D eigenvalue weighted by Gasteiger charge is 2.17. The van der Waals surface area contributed by atoms with Gasteiger partial charge in [0.25, 0.3) is 0 Å². The third-order valence-electron chi connectivity index (χ3n) is 2.86. The van der Waals surface area contributed by atoms with E-state index in [1.165, 1.54) is 19.1 Å². The van der Waals surface area contributed by atoms with E-state index in [0.29, 0.717) is 10.6 Å². The van der Waals surface area contributed by atoms with Crippen molar-refractivity contribution >= 4 is 40.7 Å². The number of nitrogens with zero attached hydrogens (tertiary/aromatic N) is 4. The Kier molecular flexibility index (Phi) is 5.37. The number of carbonyl (C=O) groups is 1. The van der Waals surface area contributed by atoms with E-state index in [2.05, 4.69) is 15.1 Å². The fourth-order valence-corrected chi connectivity index (χ4v) is 2.28. The monoisotopic (exact) mass is 371 g/mol. The zero-order chi connectivity index (χ0) is 17.9. The fourth-order valence-electron chi connectivity index (χ4n) is 1.78. The van der Waals surface area contributed by atoms with Crippen LogP contribution in [0, 0.1) is 17.0 Å². The molecule has 2 aromatic rings. The van der Waals surface area contributed by atoms with Gasteiger partial charge < -0.3 is 10.6 Å². The van der Waals surface area contributed by atoms with Gasteiger partial charge in [0.2, 0.25) is 0 Å². The molecule has 24 heavy (non-hydrogen) atoms. The molecule has 126 valence electrons. The lowest BCUT2D eigenvalue weighted by atomic mass is 10.2. The number of rotatable bonds is 5. The van der Waals surface area contributed by atoms with E-state index in [-0.39, 0.29) is 28.8 Å². The summed E-state index contributed by atoms with van der Waals surface area (Å²) in [6.07, 6.45) is 1.12. The molecule has 2 rings (SSSR count). The lowest BCUT2D eigenvalue weighted by molar-refractivity contribution is -0.385. The van der Waals surface area contributed by atoms with Gasteiger partial charge in [-0.25, -0.2) is 4.79 Å². The van der Waals surface area contributed by atoms with E-state index in [4.69, 9.17) is 28.9 Å². The van der Waals surface area contributed by atoms with E-state index in [1.807, 2.05) is 0 Å². The van der Waals surface area contributed by atoms with Gasteiger partial charge in [0.15, 0.2) is 5.84 Å². The maximum Gasteiger partial charge on any atom is 0.356 e. The Balaban J connectivity index is 2.04. The average Bonchev–Trinajstić information content (AvgIpc) is 2.85. The third kappa shape index (κ3) is 4.21. The maximum absolute atomic E-state index is 11.7. The molecule has 1 aromatic carbocycles. The van der Waals surface area contributed by atoms with Crippen LogP contribution in [0.5, 0.6) is 0 Å². The van der Waals surface area contributed by atoms with Crippen molar-refractivity contribution < 1.29 is 14.6 Å². The summed E-state index contributed by atoms with van der Waals surface area (Å²) in [6.45, 7) is 1.10. The summed E-state index contributed by atoms with van der Waals surface area (Å²) in [5, 5.41) is 18.7. The molecule has 0 aliphatic rings. The Morgan fingerprint density at radius 2 is 2.21 bits per heavy atom. The molecule has 11 heteroatoms. The molecule has 0 amide bonds. The van der Waals surface area contributed by atoms with Gasteiger partial charge in [-0.15, -0.1) is 0 Å². The molecule has 0 unspecified atom stereocenters. The van der Waals surface area contributed by atoms with E-state index < -0.39 is 10.9 Å². The van der Waals surface area contributed by atoms with Crippen molar-refractivity contribution in [3.63, 3.8) is 0 Å². The molecule has 0 atom stereocenters. The largest absolute Gasteiger partial charge is 0.380 e. The van der Waals surface area contributed by atoms with Crippen molar-refractivity contribution in [2.45, 2.75) is 13.5 Å². The molecule has 0 bridgehead atoms. The van der Waals surface area contributed by atoms with Gasteiger partial charge in [-0.2, -0.15) is 5.10 Å². The molecule has 0 fully saturated rings. The minimum atomic E-state index is -0.805. The van der Waals surface area contributed by atoms with Crippen LogP contribution in [-0.4, -0.2) is 26.5 Å². The SMILES string of the molecule is Cc1nn(CC(=O)O/N=C(\N)c2ccc(Cl)cc2Cl)cc1[N+](=O)[O-].